The molecule has 0 radical (unpaired) electrons. The summed E-state index contributed by atoms with van der Waals surface area (Å²) in [5.74, 6) is -0.0752. The minimum atomic E-state index is -4.28. The van der Waals surface area contributed by atoms with Gasteiger partial charge in [-0.1, -0.05) is 0 Å². The first kappa shape index (κ1) is 9.40. The molecular weight excluding hydrogens is 195 g/mol. The van der Waals surface area contributed by atoms with Gasteiger partial charge in [0.05, 0.1) is 18.0 Å². The van der Waals surface area contributed by atoms with Crippen LogP contribution >= 0.6 is 0 Å². The van der Waals surface area contributed by atoms with Crippen molar-refractivity contribution < 1.29 is 17.0 Å². The second-order valence-corrected chi connectivity index (χ2v) is 5.39. The van der Waals surface area contributed by atoms with E-state index in [0.717, 1.165) is 19.3 Å². The van der Waals surface area contributed by atoms with Crippen LogP contribution in [-0.4, -0.2) is 26.4 Å². The van der Waals surface area contributed by atoms with Crippen molar-refractivity contribution in [2.75, 3.05) is 5.75 Å². The average Bonchev–Trinajstić information content (AvgIpc) is 2.58. The molecule has 0 spiro atoms. The molecule has 0 saturated carbocycles. The molecular formula is C8H13FO3S. The smallest absolute Gasteiger partial charge is 0.302 e. The standard InChI is InChI=1S/C8H13FO3S/c9-13(10,11)4-3-6-5-7-1-2-8(6)12-7/h6-8H,1-5H2. The van der Waals surface area contributed by atoms with Gasteiger partial charge in [-0.3, -0.25) is 0 Å². The second kappa shape index (κ2) is 3.20. The van der Waals surface area contributed by atoms with Gasteiger partial charge in [0.15, 0.2) is 0 Å². The van der Waals surface area contributed by atoms with Gasteiger partial charge in [-0.2, -0.15) is 8.42 Å². The number of fused-ring (bicyclic) bond motifs is 2. The maximum atomic E-state index is 12.2. The van der Waals surface area contributed by atoms with E-state index in [1.807, 2.05) is 0 Å². The van der Waals surface area contributed by atoms with Gasteiger partial charge in [-0.25, -0.2) is 0 Å². The van der Waals surface area contributed by atoms with Crippen molar-refractivity contribution in [3.05, 3.63) is 0 Å². The summed E-state index contributed by atoms with van der Waals surface area (Å²) < 4.78 is 38.3. The maximum absolute atomic E-state index is 12.2. The van der Waals surface area contributed by atoms with Gasteiger partial charge >= 0.3 is 10.2 Å². The van der Waals surface area contributed by atoms with E-state index >= 15 is 0 Å². The lowest BCUT2D eigenvalue weighted by molar-refractivity contribution is 0.0921. The zero-order chi connectivity index (χ0) is 9.47. The molecule has 2 aliphatic heterocycles. The molecule has 2 heterocycles. The van der Waals surface area contributed by atoms with E-state index in [-0.39, 0.29) is 17.8 Å². The molecule has 2 rings (SSSR count). The van der Waals surface area contributed by atoms with E-state index < -0.39 is 10.2 Å². The molecule has 0 amide bonds. The predicted molar refractivity (Wildman–Crippen MR) is 45.5 cm³/mol. The predicted octanol–water partition coefficient (Wildman–Crippen LogP) is 1.24. The van der Waals surface area contributed by atoms with E-state index in [2.05, 4.69) is 0 Å². The number of hydrogen-bond acceptors (Lipinski definition) is 3. The van der Waals surface area contributed by atoms with Gasteiger partial charge in [0.25, 0.3) is 0 Å². The lowest BCUT2D eigenvalue weighted by Crippen LogP contribution is -2.18. The van der Waals surface area contributed by atoms with E-state index in [4.69, 9.17) is 4.74 Å². The Hall–Kier alpha value is -0.160. The largest absolute Gasteiger partial charge is 0.375 e. The minimum Gasteiger partial charge on any atom is -0.375 e. The summed E-state index contributed by atoms with van der Waals surface area (Å²) in [6.07, 6.45) is 3.95. The minimum absolute atomic E-state index is 0.201. The summed E-state index contributed by atoms with van der Waals surface area (Å²) in [4.78, 5) is 0. The first-order chi connectivity index (χ1) is 6.04. The highest BCUT2D eigenvalue weighted by atomic mass is 32.3. The van der Waals surface area contributed by atoms with Gasteiger partial charge in [0.1, 0.15) is 0 Å². The molecule has 0 aliphatic carbocycles. The van der Waals surface area contributed by atoms with E-state index in [0.29, 0.717) is 12.5 Å². The number of ether oxygens (including phenoxy) is 1. The van der Waals surface area contributed by atoms with Gasteiger partial charge in [0, 0.05) is 0 Å². The molecule has 0 aromatic rings. The van der Waals surface area contributed by atoms with Crippen LogP contribution in [0.5, 0.6) is 0 Å². The Balaban J connectivity index is 1.84. The van der Waals surface area contributed by atoms with Gasteiger partial charge in [-0.05, 0) is 31.6 Å². The summed E-state index contributed by atoms with van der Waals surface area (Å²) in [6, 6.07) is 0. The fourth-order valence-corrected chi connectivity index (χ4v) is 2.92. The first-order valence-electron chi connectivity index (χ1n) is 4.62. The van der Waals surface area contributed by atoms with Crippen LogP contribution in [0.15, 0.2) is 0 Å². The molecule has 0 aromatic heterocycles. The lowest BCUT2D eigenvalue weighted by atomic mass is 9.87. The highest BCUT2D eigenvalue weighted by Crippen LogP contribution is 2.40. The molecule has 0 N–H and O–H groups in total. The van der Waals surface area contributed by atoms with E-state index in [1.165, 1.54) is 0 Å². The molecule has 3 nitrogen and oxygen atoms in total. The van der Waals surface area contributed by atoms with Gasteiger partial charge in [-0.15, -0.1) is 3.89 Å². The van der Waals surface area contributed by atoms with Crippen LogP contribution < -0.4 is 0 Å². The SMILES string of the molecule is O=S(=O)(F)CCC1CC2CCC1O2. The van der Waals surface area contributed by atoms with Crippen molar-refractivity contribution in [2.45, 2.75) is 37.9 Å². The van der Waals surface area contributed by atoms with Crippen LogP contribution in [0.25, 0.3) is 0 Å². The Morgan fingerprint density at radius 2 is 2.15 bits per heavy atom. The third-order valence-electron chi connectivity index (χ3n) is 2.96. The quantitative estimate of drug-likeness (QED) is 0.655. The van der Waals surface area contributed by atoms with Crippen molar-refractivity contribution in [2.24, 2.45) is 5.92 Å². The van der Waals surface area contributed by atoms with Crippen LogP contribution in [0, 0.1) is 5.92 Å². The van der Waals surface area contributed by atoms with Gasteiger partial charge in [0.2, 0.25) is 0 Å². The number of rotatable bonds is 3. The van der Waals surface area contributed by atoms with Crippen LogP contribution in [0.4, 0.5) is 3.89 Å². The third kappa shape index (κ3) is 2.20. The molecule has 2 aliphatic rings. The van der Waals surface area contributed by atoms with Crippen molar-refractivity contribution >= 4 is 10.2 Å². The topological polar surface area (TPSA) is 43.4 Å². The molecule has 76 valence electrons. The lowest BCUT2D eigenvalue weighted by Gasteiger charge is -2.16. The first-order valence-corrected chi connectivity index (χ1v) is 6.17. The van der Waals surface area contributed by atoms with E-state index in [9.17, 15) is 12.3 Å². The van der Waals surface area contributed by atoms with Gasteiger partial charge < -0.3 is 4.74 Å². The molecule has 3 atom stereocenters. The van der Waals surface area contributed by atoms with Crippen LogP contribution in [0.3, 0.4) is 0 Å². The number of hydrogen-bond donors (Lipinski definition) is 0. The van der Waals surface area contributed by atoms with Crippen molar-refractivity contribution in [3.8, 4) is 0 Å². The van der Waals surface area contributed by atoms with Crippen LogP contribution in [0.1, 0.15) is 25.7 Å². The summed E-state index contributed by atoms with van der Waals surface area (Å²) in [7, 11) is -4.28. The van der Waals surface area contributed by atoms with Crippen molar-refractivity contribution in [1.82, 2.24) is 0 Å². The third-order valence-corrected chi connectivity index (χ3v) is 3.69. The monoisotopic (exact) mass is 208 g/mol. The van der Waals surface area contributed by atoms with E-state index in [1.54, 1.807) is 0 Å². The Bertz CT molecular complexity index is 288. The van der Waals surface area contributed by atoms with Crippen molar-refractivity contribution in [3.63, 3.8) is 0 Å². The van der Waals surface area contributed by atoms with Crippen LogP contribution in [-0.2, 0) is 15.0 Å². The Morgan fingerprint density at radius 1 is 1.38 bits per heavy atom. The highest BCUT2D eigenvalue weighted by molar-refractivity contribution is 7.86. The normalized spacial score (nSPS) is 38.4. The highest BCUT2D eigenvalue weighted by Gasteiger charge is 2.40. The molecule has 0 aromatic carbocycles. The zero-order valence-electron chi connectivity index (χ0n) is 7.28. The van der Waals surface area contributed by atoms with Crippen LogP contribution in [0.2, 0.25) is 0 Å². The Morgan fingerprint density at radius 3 is 2.62 bits per heavy atom. The summed E-state index contributed by atoms with van der Waals surface area (Å²) in [5, 5.41) is 0. The Kier molecular flexibility index (Phi) is 2.32. The zero-order valence-corrected chi connectivity index (χ0v) is 8.10. The summed E-state index contributed by atoms with van der Waals surface area (Å²) >= 11 is 0. The molecule has 2 bridgehead atoms. The second-order valence-electron chi connectivity index (χ2n) is 3.90. The average molecular weight is 208 g/mol. The fraction of sp³-hybridized carbons (Fsp3) is 1.00. The molecule has 5 heteroatoms. The molecule has 2 fully saturated rings. The summed E-state index contributed by atoms with van der Waals surface area (Å²) in [5.41, 5.74) is 0. The number of halogens is 1. The van der Waals surface area contributed by atoms with Crippen molar-refractivity contribution in [1.29, 1.82) is 0 Å². The molecule has 3 unspecified atom stereocenters. The summed E-state index contributed by atoms with van der Waals surface area (Å²) in [6.45, 7) is 0. The molecule has 2 saturated heterocycles. The molecule has 13 heavy (non-hydrogen) atoms. The Labute approximate surface area is 77.5 Å². The fourth-order valence-electron chi connectivity index (χ4n) is 2.34. The maximum Gasteiger partial charge on any atom is 0.302 e.